The van der Waals surface area contributed by atoms with E-state index in [0.29, 0.717) is 30.7 Å². The standard InChI is InChI=1S/C36H64N2O4/c1-31(2)25-14-19-34(6)26(33(25,5)17-15-27(31)38-29(40)12-10-9-11-21-37)22-24(39)30-23(13-18-35(30,34)7)36(8)20-16-28(42-36)32(3,4)41/h23-28,30,39,41H,9-22,37H2,1-8H3,(H,38,40)/t23-,24+,25-,26+,27-,28+,30-,33-,34+,35+,36-/m0/s1. The highest BCUT2D eigenvalue weighted by molar-refractivity contribution is 5.76. The third-order valence-corrected chi connectivity index (χ3v) is 14.8. The fourth-order valence-corrected chi connectivity index (χ4v) is 12.2. The molecule has 4 aliphatic carbocycles. The van der Waals surface area contributed by atoms with Gasteiger partial charge in [-0.1, -0.05) is 41.0 Å². The number of rotatable bonds is 8. The molecule has 0 spiro atoms. The summed E-state index contributed by atoms with van der Waals surface area (Å²) in [6.45, 7) is 19.2. The van der Waals surface area contributed by atoms with Crippen LogP contribution >= 0.6 is 0 Å². The Labute approximate surface area is 256 Å². The van der Waals surface area contributed by atoms with Gasteiger partial charge in [-0.25, -0.2) is 0 Å². The second kappa shape index (κ2) is 11.0. The van der Waals surface area contributed by atoms with Gasteiger partial charge in [0.25, 0.3) is 0 Å². The molecule has 6 nitrogen and oxygen atoms in total. The molecule has 42 heavy (non-hydrogen) atoms. The van der Waals surface area contributed by atoms with E-state index in [-0.39, 0.29) is 57.3 Å². The first kappa shape index (κ1) is 32.7. The smallest absolute Gasteiger partial charge is 0.220 e. The maximum Gasteiger partial charge on any atom is 0.220 e. The van der Waals surface area contributed by atoms with E-state index < -0.39 is 5.60 Å². The molecule has 0 aromatic rings. The number of nitrogens with one attached hydrogen (secondary N) is 1. The van der Waals surface area contributed by atoms with Gasteiger partial charge in [0.15, 0.2) is 0 Å². The van der Waals surface area contributed by atoms with Crippen molar-refractivity contribution in [3.63, 3.8) is 0 Å². The summed E-state index contributed by atoms with van der Waals surface area (Å²) in [6.07, 6.45) is 12.5. The van der Waals surface area contributed by atoms with Gasteiger partial charge in [-0.2, -0.15) is 0 Å². The number of hydrogen-bond acceptors (Lipinski definition) is 5. The number of hydrogen-bond donors (Lipinski definition) is 4. The molecule has 1 amide bonds. The number of aliphatic hydroxyl groups is 2. The minimum Gasteiger partial charge on any atom is -0.393 e. The summed E-state index contributed by atoms with van der Waals surface area (Å²) in [5.74, 6) is 1.73. The first-order valence-corrected chi connectivity index (χ1v) is 17.5. The molecule has 5 aliphatic rings. The minimum absolute atomic E-state index is 0.0133. The molecular formula is C36H64N2O4. The van der Waals surface area contributed by atoms with Crippen LogP contribution in [0.5, 0.6) is 0 Å². The van der Waals surface area contributed by atoms with Crippen LogP contribution in [-0.4, -0.2) is 52.1 Å². The van der Waals surface area contributed by atoms with Gasteiger partial charge in [0.1, 0.15) is 0 Å². The van der Waals surface area contributed by atoms with Crippen molar-refractivity contribution in [2.45, 2.75) is 168 Å². The second-order valence-corrected chi connectivity index (χ2v) is 17.6. The Morgan fingerprint density at radius 2 is 1.60 bits per heavy atom. The molecule has 0 bridgehead atoms. The van der Waals surface area contributed by atoms with Crippen LogP contribution < -0.4 is 11.1 Å². The SMILES string of the molecule is CC(C)(O)[C@H]1CC[C@@](C)([C@H]2CC[C@]3(C)[C@@H]2[C@H](O)C[C@@H]2[C@@]4(C)CC[C@H](NC(=O)CCCCCN)C(C)(C)[C@@H]4CC[C@]23C)O1. The largest absolute Gasteiger partial charge is 0.393 e. The van der Waals surface area contributed by atoms with Gasteiger partial charge in [0.2, 0.25) is 5.91 Å². The van der Waals surface area contributed by atoms with Crippen molar-refractivity contribution < 1.29 is 19.7 Å². The zero-order chi connectivity index (χ0) is 30.9. The van der Waals surface area contributed by atoms with Crippen LogP contribution in [0.15, 0.2) is 0 Å². The molecule has 6 heteroatoms. The van der Waals surface area contributed by atoms with E-state index in [2.05, 4.69) is 46.9 Å². The maximum atomic E-state index is 12.9. The van der Waals surface area contributed by atoms with Crippen LogP contribution in [0.2, 0.25) is 0 Å². The van der Waals surface area contributed by atoms with Gasteiger partial charge >= 0.3 is 0 Å². The second-order valence-electron chi connectivity index (χ2n) is 17.6. The molecule has 242 valence electrons. The molecule has 0 aromatic heterocycles. The van der Waals surface area contributed by atoms with Crippen molar-refractivity contribution in [2.24, 2.45) is 51.1 Å². The lowest BCUT2D eigenvalue weighted by Gasteiger charge is -2.71. The summed E-state index contributed by atoms with van der Waals surface area (Å²) in [5.41, 5.74) is 4.89. The predicted octanol–water partition coefficient (Wildman–Crippen LogP) is 6.35. The third kappa shape index (κ3) is 5.01. The van der Waals surface area contributed by atoms with E-state index in [9.17, 15) is 15.0 Å². The molecule has 0 radical (unpaired) electrons. The molecule has 11 atom stereocenters. The highest BCUT2D eigenvalue weighted by Crippen LogP contribution is 2.76. The number of aliphatic hydroxyl groups excluding tert-OH is 1. The topological polar surface area (TPSA) is 105 Å². The molecule has 0 unspecified atom stereocenters. The Balaban J connectivity index is 1.35. The van der Waals surface area contributed by atoms with E-state index in [1.54, 1.807) is 0 Å². The maximum absolute atomic E-state index is 12.9. The predicted molar refractivity (Wildman–Crippen MR) is 169 cm³/mol. The summed E-state index contributed by atoms with van der Waals surface area (Å²) in [6, 6.07) is 0.206. The first-order chi connectivity index (χ1) is 19.4. The number of unbranched alkanes of at least 4 members (excludes halogenated alkanes) is 2. The molecule has 5 fully saturated rings. The fraction of sp³-hybridized carbons (Fsp3) is 0.972. The number of nitrogens with two attached hydrogens (primary N) is 1. The van der Waals surface area contributed by atoms with Gasteiger partial charge in [0, 0.05) is 12.5 Å². The van der Waals surface area contributed by atoms with Crippen LogP contribution in [-0.2, 0) is 9.53 Å². The molecule has 5 N–H and O–H groups in total. The highest BCUT2D eigenvalue weighted by atomic mass is 16.5. The Hall–Kier alpha value is -0.690. The van der Waals surface area contributed by atoms with Crippen LogP contribution in [0.4, 0.5) is 0 Å². The van der Waals surface area contributed by atoms with Gasteiger partial charge in [-0.15, -0.1) is 0 Å². The number of carbonyl (C=O) groups is 1. The monoisotopic (exact) mass is 588 g/mol. The van der Waals surface area contributed by atoms with Crippen molar-refractivity contribution in [1.82, 2.24) is 5.32 Å². The quantitative estimate of drug-likeness (QED) is 0.247. The normalized spacial score (nSPS) is 48.3. The Morgan fingerprint density at radius 3 is 2.24 bits per heavy atom. The summed E-state index contributed by atoms with van der Waals surface area (Å²) >= 11 is 0. The summed E-state index contributed by atoms with van der Waals surface area (Å²) in [5, 5.41) is 26.3. The average Bonchev–Trinajstić information content (AvgIpc) is 3.48. The first-order valence-electron chi connectivity index (χ1n) is 17.5. The molecule has 4 saturated carbocycles. The molecule has 1 heterocycles. The van der Waals surface area contributed by atoms with Crippen LogP contribution in [0.1, 0.15) is 139 Å². The van der Waals surface area contributed by atoms with Gasteiger partial charge in [-0.05, 0) is 143 Å². The van der Waals surface area contributed by atoms with Crippen molar-refractivity contribution in [3.8, 4) is 0 Å². The lowest BCUT2D eigenvalue weighted by molar-refractivity contribution is -0.240. The van der Waals surface area contributed by atoms with E-state index in [1.807, 2.05) is 13.8 Å². The van der Waals surface area contributed by atoms with E-state index >= 15 is 0 Å². The van der Waals surface area contributed by atoms with Gasteiger partial charge < -0.3 is 26.0 Å². The van der Waals surface area contributed by atoms with Gasteiger partial charge in [-0.3, -0.25) is 4.79 Å². The van der Waals surface area contributed by atoms with E-state index in [4.69, 9.17) is 10.5 Å². The minimum atomic E-state index is -0.843. The van der Waals surface area contributed by atoms with E-state index in [1.165, 1.54) is 12.8 Å². The van der Waals surface area contributed by atoms with Crippen LogP contribution in [0, 0.1) is 45.3 Å². The average molecular weight is 589 g/mol. The van der Waals surface area contributed by atoms with Crippen molar-refractivity contribution in [3.05, 3.63) is 0 Å². The van der Waals surface area contributed by atoms with Gasteiger partial charge in [0.05, 0.1) is 23.4 Å². The number of carbonyl (C=O) groups excluding carboxylic acids is 1. The van der Waals surface area contributed by atoms with Crippen molar-refractivity contribution in [2.75, 3.05) is 6.54 Å². The van der Waals surface area contributed by atoms with E-state index in [0.717, 1.165) is 64.2 Å². The highest BCUT2D eigenvalue weighted by Gasteiger charge is 2.72. The number of fused-ring (bicyclic) bond motifs is 5. The Morgan fingerprint density at radius 1 is 0.905 bits per heavy atom. The zero-order valence-corrected chi connectivity index (χ0v) is 28.2. The number of amides is 1. The third-order valence-electron chi connectivity index (χ3n) is 14.8. The lowest BCUT2D eigenvalue weighted by atomic mass is 9.35. The molecular weight excluding hydrogens is 524 g/mol. The summed E-state index contributed by atoms with van der Waals surface area (Å²) in [4.78, 5) is 12.9. The van der Waals surface area contributed by atoms with Crippen LogP contribution in [0.25, 0.3) is 0 Å². The molecule has 5 rings (SSSR count). The number of ether oxygens (including phenoxy) is 1. The Kier molecular flexibility index (Phi) is 8.55. The lowest BCUT2D eigenvalue weighted by Crippen LogP contribution is -2.67. The fourth-order valence-electron chi connectivity index (χ4n) is 12.2. The molecule has 0 aromatic carbocycles. The van der Waals surface area contributed by atoms with Crippen molar-refractivity contribution >= 4 is 5.91 Å². The zero-order valence-electron chi connectivity index (χ0n) is 28.2. The summed E-state index contributed by atoms with van der Waals surface area (Å²) < 4.78 is 6.72. The Bertz CT molecular complexity index is 1010. The van der Waals surface area contributed by atoms with Crippen LogP contribution in [0.3, 0.4) is 0 Å². The van der Waals surface area contributed by atoms with Crippen molar-refractivity contribution in [1.29, 1.82) is 0 Å². The summed E-state index contributed by atoms with van der Waals surface area (Å²) in [7, 11) is 0. The molecule has 1 aliphatic heterocycles. The molecule has 1 saturated heterocycles.